The molecule has 0 radical (unpaired) electrons. The standard InChI is InChI=1S/C62H119N2O7P/c1-7-10-13-16-19-22-25-27-28-29-30-31-32-33-34-35-36-37-40-43-46-49-52-55-62(66)71-60(53-50-47-44-41-39-26-23-20-17-14-11-8-2)59(58-70-72(67,68)69-57-56-64(4,5)6)63-61(65)54-51-48-45-42-38-24-21-18-15-12-9-3/h18,21,27-28,50,53,59-60H,7-17,19-20,22-26,29-49,51-52,54-58H2,1-6H3,(H-,63,65,67,68)/b21-18-,28-27+,53-50-. The van der Waals surface area contributed by atoms with Crippen LogP contribution in [0.2, 0.25) is 0 Å². The number of likely N-dealkylation sites (N-methyl/N-ethyl adjacent to an activating group) is 1. The van der Waals surface area contributed by atoms with Crippen LogP contribution in [0, 0.1) is 0 Å². The Morgan fingerprint density at radius 3 is 1.22 bits per heavy atom. The maximum atomic E-state index is 13.4. The Labute approximate surface area is 446 Å². The Morgan fingerprint density at radius 1 is 0.472 bits per heavy atom. The third-order valence-electron chi connectivity index (χ3n) is 13.8. The predicted molar refractivity (Wildman–Crippen MR) is 307 cm³/mol. The smallest absolute Gasteiger partial charge is 0.306 e. The van der Waals surface area contributed by atoms with Crippen molar-refractivity contribution in [1.29, 1.82) is 0 Å². The highest BCUT2D eigenvalue weighted by atomic mass is 31.2. The molecule has 0 rings (SSSR count). The molecule has 424 valence electrons. The summed E-state index contributed by atoms with van der Waals surface area (Å²) in [4.78, 5) is 39.8. The zero-order valence-electron chi connectivity index (χ0n) is 48.4. The van der Waals surface area contributed by atoms with Crippen molar-refractivity contribution in [3.8, 4) is 0 Å². The molecule has 0 aliphatic rings. The van der Waals surface area contributed by atoms with Crippen molar-refractivity contribution in [1.82, 2.24) is 5.32 Å². The van der Waals surface area contributed by atoms with Crippen LogP contribution in [0.5, 0.6) is 0 Å². The third kappa shape index (κ3) is 53.1. The van der Waals surface area contributed by atoms with Crippen LogP contribution < -0.4 is 10.2 Å². The van der Waals surface area contributed by atoms with Crippen molar-refractivity contribution in [2.24, 2.45) is 0 Å². The van der Waals surface area contributed by atoms with Crippen LogP contribution in [0.1, 0.15) is 297 Å². The fraction of sp³-hybridized carbons (Fsp3) is 0.871. The number of nitrogens with zero attached hydrogens (tertiary/aromatic N) is 1. The van der Waals surface area contributed by atoms with E-state index in [9.17, 15) is 19.0 Å². The molecule has 9 nitrogen and oxygen atoms in total. The van der Waals surface area contributed by atoms with Crippen LogP contribution in [0.3, 0.4) is 0 Å². The molecule has 72 heavy (non-hydrogen) atoms. The van der Waals surface area contributed by atoms with Crippen molar-refractivity contribution in [3.05, 3.63) is 36.5 Å². The van der Waals surface area contributed by atoms with Gasteiger partial charge in [0.1, 0.15) is 19.3 Å². The minimum atomic E-state index is -4.69. The summed E-state index contributed by atoms with van der Waals surface area (Å²) in [5.74, 6) is -0.543. The second kappa shape index (κ2) is 52.7. The summed E-state index contributed by atoms with van der Waals surface area (Å²) in [5.41, 5.74) is 0. The van der Waals surface area contributed by atoms with Gasteiger partial charge in [-0.15, -0.1) is 0 Å². The average molecular weight is 1040 g/mol. The number of carbonyl (C=O) groups is 2. The van der Waals surface area contributed by atoms with Gasteiger partial charge in [0, 0.05) is 12.8 Å². The normalized spacial score (nSPS) is 13.9. The minimum Gasteiger partial charge on any atom is -0.756 e. The highest BCUT2D eigenvalue weighted by Crippen LogP contribution is 2.38. The van der Waals surface area contributed by atoms with Crippen LogP contribution in [0.4, 0.5) is 0 Å². The van der Waals surface area contributed by atoms with E-state index in [1.54, 1.807) is 0 Å². The van der Waals surface area contributed by atoms with Gasteiger partial charge in [-0.2, -0.15) is 0 Å². The summed E-state index contributed by atoms with van der Waals surface area (Å²) in [6.07, 6.45) is 62.6. The maximum Gasteiger partial charge on any atom is 0.306 e. The Balaban J connectivity index is 5.10. The number of allylic oxidation sites excluding steroid dienone is 5. The van der Waals surface area contributed by atoms with Crippen LogP contribution >= 0.6 is 7.82 Å². The van der Waals surface area contributed by atoms with Gasteiger partial charge in [-0.1, -0.05) is 244 Å². The molecule has 0 bridgehead atoms. The number of phosphoric ester groups is 1. The first-order valence-corrected chi connectivity index (χ1v) is 32.3. The number of hydrogen-bond donors (Lipinski definition) is 1. The largest absolute Gasteiger partial charge is 0.756 e. The van der Waals surface area contributed by atoms with E-state index >= 15 is 0 Å². The first kappa shape index (κ1) is 70.2. The van der Waals surface area contributed by atoms with E-state index in [0.29, 0.717) is 17.4 Å². The molecule has 0 spiro atoms. The van der Waals surface area contributed by atoms with Gasteiger partial charge >= 0.3 is 5.97 Å². The highest BCUT2D eigenvalue weighted by Gasteiger charge is 2.27. The Bertz CT molecular complexity index is 1330. The van der Waals surface area contributed by atoms with E-state index in [1.165, 1.54) is 180 Å². The van der Waals surface area contributed by atoms with Gasteiger partial charge in [0.25, 0.3) is 7.82 Å². The molecule has 1 N–H and O–H groups in total. The van der Waals surface area contributed by atoms with Gasteiger partial charge in [-0.05, 0) is 76.7 Å². The highest BCUT2D eigenvalue weighted by molar-refractivity contribution is 7.45. The molecular weight excluding hydrogens is 916 g/mol. The van der Waals surface area contributed by atoms with Crippen LogP contribution in [-0.2, 0) is 27.9 Å². The van der Waals surface area contributed by atoms with Crippen molar-refractivity contribution >= 4 is 19.7 Å². The number of nitrogens with one attached hydrogen (secondary N) is 1. The summed E-state index contributed by atoms with van der Waals surface area (Å²) in [6.45, 7) is 6.81. The van der Waals surface area contributed by atoms with Crippen LogP contribution in [0.15, 0.2) is 36.5 Å². The van der Waals surface area contributed by atoms with Gasteiger partial charge in [0.05, 0.1) is 33.8 Å². The van der Waals surface area contributed by atoms with Crippen LogP contribution in [0.25, 0.3) is 0 Å². The molecule has 3 unspecified atom stereocenters. The molecule has 0 saturated carbocycles. The number of carbonyl (C=O) groups excluding carboxylic acids is 2. The fourth-order valence-corrected chi connectivity index (χ4v) is 9.69. The van der Waals surface area contributed by atoms with Crippen molar-refractivity contribution < 1.29 is 37.3 Å². The van der Waals surface area contributed by atoms with Crippen molar-refractivity contribution in [2.75, 3.05) is 40.9 Å². The van der Waals surface area contributed by atoms with Crippen molar-refractivity contribution in [3.63, 3.8) is 0 Å². The van der Waals surface area contributed by atoms with E-state index in [2.05, 4.69) is 50.4 Å². The number of rotatable bonds is 56. The summed E-state index contributed by atoms with van der Waals surface area (Å²) in [7, 11) is 1.19. The average Bonchev–Trinajstić information content (AvgIpc) is 3.34. The van der Waals surface area contributed by atoms with E-state index in [4.69, 9.17) is 13.8 Å². The summed E-state index contributed by atoms with van der Waals surface area (Å²) in [5, 5.41) is 3.02. The number of unbranched alkanes of at least 4 members (excludes halogenated alkanes) is 36. The molecule has 1 amide bonds. The van der Waals surface area contributed by atoms with Gasteiger partial charge in [0.15, 0.2) is 0 Å². The molecule has 0 fully saturated rings. The minimum absolute atomic E-state index is 0.0222. The lowest BCUT2D eigenvalue weighted by Crippen LogP contribution is -2.47. The summed E-state index contributed by atoms with van der Waals surface area (Å²) in [6, 6.07) is -0.888. The first-order valence-electron chi connectivity index (χ1n) is 30.8. The molecule has 10 heteroatoms. The lowest BCUT2D eigenvalue weighted by molar-refractivity contribution is -0.870. The number of quaternary nitrogens is 1. The molecular formula is C62H119N2O7P. The lowest BCUT2D eigenvalue weighted by atomic mass is 10.0. The number of hydrogen-bond acceptors (Lipinski definition) is 7. The quantitative estimate of drug-likeness (QED) is 0.0212. The fourth-order valence-electron chi connectivity index (χ4n) is 8.97. The van der Waals surface area contributed by atoms with E-state index in [-0.39, 0.29) is 31.5 Å². The SMILES string of the molecule is CCCC/C=C\CCCCCCCC(=O)NC(COP(=O)([O-])OCC[N+](C)(C)C)C(/C=C\CCCCCCCCCCCC)OC(=O)CCCCCCCCCCCCCCC/C=C/CCCCCCCC. The number of ether oxygens (including phenoxy) is 1. The van der Waals surface area contributed by atoms with Crippen molar-refractivity contribution in [2.45, 2.75) is 309 Å². The van der Waals surface area contributed by atoms with Gasteiger partial charge < -0.3 is 28.5 Å². The molecule has 0 heterocycles. The van der Waals surface area contributed by atoms with E-state index in [1.807, 2.05) is 33.3 Å². The van der Waals surface area contributed by atoms with Crippen LogP contribution in [-0.4, -0.2) is 69.4 Å². The second-order valence-corrected chi connectivity index (χ2v) is 23.6. The molecule has 0 aromatic heterocycles. The molecule has 0 aromatic rings. The summed E-state index contributed by atoms with van der Waals surface area (Å²) >= 11 is 0. The zero-order valence-corrected chi connectivity index (χ0v) is 49.3. The van der Waals surface area contributed by atoms with Gasteiger partial charge in [0.2, 0.25) is 5.91 Å². The Morgan fingerprint density at radius 2 is 0.819 bits per heavy atom. The number of esters is 1. The molecule has 3 atom stereocenters. The first-order chi connectivity index (χ1) is 34.9. The number of phosphoric acid groups is 1. The molecule has 0 saturated heterocycles. The molecule has 0 aliphatic heterocycles. The van der Waals surface area contributed by atoms with E-state index in [0.717, 1.165) is 83.5 Å². The number of amides is 1. The lowest BCUT2D eigenvalue weighted by Gasteiger charge is -2.30. The van der Waals surface area contributed by atoms with E-state index < -0.39 is 20.0 Å². The predicted octanol–water partition coefficient (Wildman–Crippen LogP) is 18.1. The Kier molecular flexibility index (Phi) is 51.4. The Hall–Kier alpha value is -1.77. The monoisotopic (exact) mass is 1030 g/mol. The second-order valence-electron chi connectivity index (χ2n) is 22.2. The molecule has 0 aliphatic carbocycles. The maximum absolute atomic E-state index is 13.4. The zero-order chi connectivity index (χ0) is 52.9. The molecule has 0 aromatic carbocycles. The van der Waals surface area contributed by atoms with Gasteiger partial charge in [-0.25, -0.2) is 0 Å². The summed E-state index contributed by atoms with van der Waals surface area (Å²) < 4.78 is 30.2. The third-order valence-corrected chi connectivity index (χ3v) is 14.8. The topological polar surface area (TPSA) is 114 Å². The van der Waals surface area contributed by atoms with Gasteiger partial charge in [-0.3, -0.25) is 14.2 Å².